The van der Waals surface area contributed by atoms with E-state index in [1.807, 2.05) is 18.2 Å². The summed E-state index contributed by atoms with van der Waals surface area (Å²) in [6.45, 7) is 3.94. The van der Waals surface area contributed by atoms with E-state index >= 15 is 0 Å². The number of benzene rings is 3. The molecular formula is C22H16O6. The van der Waals surface area contributed by atoms with Crippen LogP contribution in [0.1, 0.15) is 0 Å². The summed E-state index contributed by atoms with van der Waals surface area (Å²) in [6.07, 6.45) is 1.62. The minimum Gasteiger partial charge on any atom is -0.504 e. The van der Waals surface area contributed by atoms with Gasteiger partial charge in [-0.3, -0.25) is 4.79 Å². The summed E-state index contributed by atoms with van der Waals surface area (Å²) in [7, 11) is 0. The Hall–Kier alpha value is -3.93. The van der Waals surface area contributed by atoms with E-state index in [-0.39, 0.29) is 29.4 Å². The van der Waals surface area contributed by atoms with Crippen LogP contribution in [0.25, 0.3) is 33.4 Å². The van der Waals surface area contributed by atoms with Crippen molar-refractivity contribution in [1.29, 1.82) is 0 Å². The van der Waals surface area contributed by atoms with Gasteiger partial charge in [0.05, 0.1) is 0 Å². The minimum absolute atomic E-state index is 0.230. The fourth-order valence-electron chi connectivity index (χ4n) is 3.17. The lowest BCUT2D eigenvalue weighted by Gasteiger charge is -2.18. The smallest absolute Gasteiger partial charge is 0.223 e. The van der Waals surface area contributed by atoms with Crippen molar-refractivity contribution in [2.45, 2.75) is 0 Å². The van der Waals surface area contributed by atoms with Crippen molar-refractivity contribution in [3.8, 4) is 45.4 Å². The molecule has 2 aliphatic rings. The Kier molecular flexibility index (Phi) is 4.16. The first-order valence-electron chi connectivity index (χ1n) is 8.48. The maximum atomic E-state index is 11.9. The molecule has 1 aliphatic carbocycles. The summed E-state index contributed by atoms with van der Waals surface area (Å²) in [5.41, 5.74) is 1.39. The van der Waals surface area contributed by atoms with Gasteiger partial charge in [-0.1, -0.05) is 30.9 Å². The number of rotatable bonds is 4. The Balaban J connectivity index is 2.17. The molecule has 0 unspecified atom stereocenters. The highest BCUT2D eigenvalue weighted by atomic mass is 16.5. The Morgan fingerprint density at radius 2 is 1.71 bits per heavy atom. The molecule has 4 rings (SSSR count). The van der Waals surface area contributed by atoms with Gasteiger partial charge in [0.15, 0.2) is 17.2 Å². The van der Waals surface area contributed by atoms with Crippen molar-refractivity contribution in [2.24, 2.45) is 0 Å². The average molecular weight is 376 g/mol. The summed E-state index contributed by atoms with van der Waals surface area (Å²) in [4.78, 5) is 11.9. The van der Waals surface area contributed by atoms with Crippen LogP contribution in [-0.2, 0) is 0 Å². The topological polar surface area (TPSA) is 100 Å². The fraction of sp³-hybridized carbons (Fsp3) is 0.0455. The van der Waals surface area contributed by atoms with E-state index in [1.54, 1.807) is 12.1 Å². The van der Waals surface area contributed by atoms with E-state index in [4.69, 9.17) is 9.15 Å². The lowest BCUT2D eigenvalue weighted by Crippen LogP contribution is -2.02. The Labute approximate surface area is 159 Å². The highest BCUT2D eigenvalue weighted by molar-refractivity contribution is 6.04. The van der Waals surface area contributed by atoms with E-state index in [0.29, 0.717) is 27.8 Å². The SMILES string of the molecule is C=CCOc1ccccc1-c1c2cc(O)c(=O)cc-2oc2cc(O)c(O)cc12. The first kappa shape index (κ1) is 17.5. The van der Waals surface area contributed by atoms with Gasteiger partial charge in [0, 0.05) is 34.2 Å². The second kappa shape index (κ2) is 6.66. The molecule has 0 bridgehead atoms. The molecule has 2 aromatic carbocycles. The number of phenolic OH excluding ortho intramolecular Hbond substituents is 3. The molecule has 0 saturated carbocycles. The van der Waals surface area contributed by atoms with Crippen LogP contribution in [0.4, 0.5) is 0 Å². The van der Waals surface area contributed by atoms with Gasteiger partial charge in [-0.25, -0.2) is 0 Å². The molecule has 1 heterocycles. The van der Waals surface area contributed by atoms with E-state index in [0.717, 1.165) is 0 Å². The standard InChI is InChI=1S/C22H16O6/c1-2-7-27-19-6-4-3-5-12(19)22-13-8-15(23)17(25)10-20(13)28-21-11-18(26)16(24)9-14(21)22/h2-6,8-11,23-25H,1,7H2. The fourth-order valence-corrected chi connectivity index (χ4v) is 3.17. The van der Waals surface area contributed by atoms with Crippen molar-refractivity contribution in [2.75, 3.05) is 6.61 Å². The van der Waals surface area contributed by atoms with Crippen LogP contribution in [0.3, 0.4) is 0 Å². The Morgan fingerprint density at radius 3 is 2.50 bits per heavy atom. The quantitative estimate of drug-likeness (QED) is 0.280. The molecule has 1 aliphatic heterocycles. The van der Waals surface area contributed by atoms with Gasteiger partial charge in [-0.2, -0.15) is 0 Å². The maximum absolute atomic E-state index is 11.9. The van der Waals surface area contributed by atoms with Crippen molar-refractivity contribution < 1.29 is 24.5 Å². The molecule has 0 saturated heterocycles. The molecule has 6 nitrogen and oxygen atoms in total. The molecule has 0 fully saturated rings. The van der Waals surface area contributed by atoms with Crippen molar-refractivity contribution >= 4 is 11.0 Å². The number of phenols is 3. The largest absolute Gasteiger partial charge is 0.504 e. The Bertz CT molecular complexity index is 1240. The molecule has 0 radical (unpaired) electrons. The summed E-state index contributed by atoms with van der Waals surface area (Å²) in [5.74, 6) is -0.310. The minimum atomic E-state index is -0.583. The van der Waals surface area contributed by atoms with Crippen LogP contribution < -0.4 is 10.2 Å². The molecule has 0 spiro atoms. The number of ether oxygens (including phenoxy) is 1. The molecule has 6 heteroatoms. The van der Waals surface area contributed by atoms with Crippen LogP contribution in [0.15, 0.2) is 70.4 Å². The van der Waals surface area contributed by atoms with Crippen molar-refractivity contribution in [1.82, 2.24) is 0 Å². The second-order valence-electron chi connectivity index (χ2n) is 6.23. The predicted octanol–water partition coefficient (Wildman–Crippen LogP) is 4.25. The van der Waals surface area contributed by atoms with Gasteiger partial charge in [-0.05, 0) is 18.2 Å². The normalized spacial score (nSPS) is 11.0. The summed E-state index contributed by atoms with van der Waals surface area (Å²) in [5, 5.41) is 30.4. The van der Waals surface area contributed by atoms with E-state index in [1.165, 1.54) is 24.3 Å². The van der Waals surface area contributed by atoms with Gasteiger partial charge in [-0.15, -0.1) is 0 Å². The second-order valence-corrected chi connectivity index (χ2v) is 6.23. The lowest BCUT2D eigenvalue weighted by atomic mass is 9.92. The zero-order valence-electron chi connectivity index (χ0n) is 14.7. The monoisotopic (exact) mass is 376 g/mol. The molecular weight excluding hydrogens is 360 g/mol. The summed E-state index contributed by atoms with van der Waals surface area (Å²) in [6, 6.07) is 12.4. The average Bonchev–Trinajstić information content (AvgIpc) is 2.68. The van der Waals surface area contributed by atoms with Crippen LogP contribution >= 0.6 is 0 Å². The lowest BCUT2D eigenvalue weighted by molar-refractivity contribution is 0.365. The van der Waals surface area contributed by atoms with E-state index in [2.05, 4.69) is 6.58 Å². The third-order valence-electron chi connectivity index (χ3n) is 4.41. The zero-order chi connectivity index (χ0) is 19.8. The summed E-state index contributed by atoms with van der Waals surface area (Å²) >= 11 is 0. The summed E-state index contributed by atoms with van der Waals surface area (Å²) < 4.78 is 11.5. The molecule has 3 N–H and O–H groups in total. The number of hydrogen-bond donors (Lipinski definition) is 3. The highest BCUT2D eigenvalue weighted by Gasteiger charge is 2.22. The molecule has 0 aromatic heterocycles. The molecule has 0 atom stereocenters. The van der Waals surface area contributed by atoms with Crippen molar-refractivity contribution in [3.63, 3.8) is 0 Å². The first-order chi connectivity index (χ1) is 13.5. The van der Waals surface area contributed by atoms with E-state index in [9.17, 15) is 20.1 Å². The molecule has 28 heavy (non-hydrogen) atoms. The molecule has 2 aromatic rings. The third-order valence-corrected chi connectivity index (χ3v) is 4.41. The van der Waals surface area contributed by atoms with Gasteiger partial charge in [0.1, 0.15) is 23.7 Å². The molecule has 140 valence electrons. The third kappa shape index (κ3) is 2.81. The highest BCUT2D eigenvalue weighted by Crippen LogP contribution is 2.46. The van der Waals surface area contributed by atoms with Crippen LogP contribution in [0, 0.1) is 0 Å². The number of aromatic hydroxyl groups is 3. The number of hydrogen-bond acceptors (Lipinski definition) is 6. The van der Waals surface area contributed by atoms with Crippen LogP contribution in [0.5, 0.6) is 23.0 Å². The molecule has 0 amide bonds. The number of fused-ring (bicyclic) bond motifs is 2. The maximum Gasteiger partial charge on any atom is 0.223 e. The van der Waals surface area contributed by atoms with Gasteiger partial charge in [0.2, 0.25) is 5.43 Å². The van der Waals surface area contributed by atoms with Gasteiger partial charge < -0.3 is 24.5 Å². The van der Waals surface area contributed by atoms with Crippen molar-refractivity contribution in [3.05, 3.63) is 71.4 Å². The van der Waals surface area contributed by atoms with Gasteiger partial charge in [0.25, 0.3) is 0 Å². The zero-order valence-corrected chi connectivity index (χ0v) is 14.7. The first-order valence-corrected chi connectivity index (χ1v) is 8.48. The Morgan fingerprint density at radius 1 is 0.964 bits per heavy atom. The van der Waals surface area contributed by atoms with E-state index < -0.39 is 11.2 Å². The number of para-hydroxylation sites is 1. The van der Waals surface area contributed by atoms with Crippen LogP contribution in [-0.4, -0.2) is 21.9 Å². The predicted molar refractivity (Wildman–Crippen MR) is 105 cm³/mol. The van der Waals surface area contributed by atoms with Gasteiger partial charge >= 0.3 is 0 Å². The van der Waals surface area contributed by atoms with Crippen LogP contribution in [0.2, 0.25) is 0 Å².